The predicted octanol–water partition coefficient (Wildman–Crippen LogP) is 13.5. The molecule has 0 N–H and O–H groups in total. The summed E-state index contributed by atoms with van der Waals surface area (Å²) in [4.78, 5) is 0. The van der Waals surface area contributed by atoms with Gasteiger partial charge < -0.3 is 0 Å². The second-order valence-corrected chi connectivity index (χ2v) is 18.8. The van der Waals surface area contributed by atoms with Gasteiger partial charge in [-0.05, 0) is 190 Å². The van der Waals surface area contributed by atoms with E-state index in [2.05, 4.69) is 155 Å². The van der Waals surface area contributed by atoms with Crippen LogP contribution in [0.5, 0.6) is 0 Å². The molecular formula is C58H48. The summed E-state index contributed by atoms with van der Waals surface area (Å²) in [7, 11) is 0. The lowest BCUT2D eigenvalue weighted by Crippen LogP contribution is -2.35. The highest BCUT2D eigenvalue weighted by Crippen LogP contribution is 2.63. The van der Waals surface area contributed by atoms with Crippen LogP contribution in [0.25, 0.3) is 66.4 Å². The van der Waals surface area contributed by atoms with E-state index in [0.29, 0.717) is 29.6 Å². The molecule has 0 saturated carbocycles. The Morgan fingerprint density at radius 2 is 1.36 bits per heavy atom. The molecule has 0 heteroatoms. The molecule has 8 aliphatic carbocycles. The maximum Gasteiger partial charge on any atom is 0.0202 e. The number of fused-ring (bicyclic) bond motifs is 8. The summed E-state index contributed by atoms with van der Waals surface area (Å²) in [5, 5.41) is 5.73. The highest BCUT2D eigenvalue weighted by molar-refractivity contribution is 6.21. The van der Waals surface area contributed by atoms with Crippen LogP contribution in [0.2, 0.25) is 0 Å². The maximum absolute atomic E-state index is 2.68. The Labute approximate surface area is 342 Å². The second kappa shape index (κ2) is 11.9. The van der Waals surface area contributed by atoms with Crippen LogP contribution in [0.1, 0.15) is 76.5 Å². The van der Waals surface area contributed by atoms with Gasteiger partial charge >= 0.3 is 0 Å². The van der Waals surface area contributed by atoms with Crippen LogP contribution in [0, 0.1) is 29.6 Å². The number of hydrogen-bond acceptors (Lipinski definition) is 0. The minimum Gasteiger partial charge on any atom is -0.0842 e. The largest absolute Gasteiger partial charge is 0.0842 e. The van der Waals surface area contributed by atoms with Crippen molar-refractivity contribution in [3.05, 3.63) is 188 Å². The molecular weight excluding hydrogens is 697 g/mol. The molecule has 0 aromatic heterocycles. The van der Waals surface area contributed by atoms with E-state index < -0.39 is 0 Å². The van der Waals surface area contributed by atoms with Crippen molar-refractivity contribution in [1.29, 1.82) is 0 Å². The van der Waals surface area contributed by atoms with Crippen LogP contribution in [0.15, 0.2) is 161 Å². The normalized spacial score (nSPS) is 22.8. The molecule has 3 atom stereocenters. The van der Waals surface area contributed by atoms with Crippen molar-refractivity contribution in [3.8, 4) is 33.4 Å². The summed E-state index contributed by atoms with van der Waals surface area (Å²) >= 11 is 0. The van der Waals surface area contributed by atoms with Crippen molar-refractivity contribution in [2.75, 3.05) is 0 Å². The average Bonchev–Trinajstić information content (AvgIpc) is 3.75. The SMILES string of the molecule is CC(C)C1=CC(C(C)C)=C2C=C3C4=C(CCC5=C4C2C1C=C5)c1cc2c(-c4ccccc4)c4c(c(-c5ccccc5)c2cc13)-c1cccc2c1=C4CC1CCC=CC=21. The van der Waals surface area contributed by atoms with Crippen LogP contribution in [-0.2, 0) is 0 Å². The lowest BCUT2D eigenvalue weighted by atomic mass is 9.59. The minimum atomic E-state index is 0.422. The quantitative estimate of drug-likeness (QED) is 0.172. The first-order valence-electron chi connectivity index (χ1n) is 22.1. The Bertz CT molecular complexity index is 3100. The van der Waals surface area contributed by atoms with E-state index in [9.17, 15) is 0 Å². The highest BCUT2D eigenvalue weighted by Gasteiger charge is 2.47. The molecule has 3 unspecified atom stereocenters. The van der Waals surface area contributed by atoms with Crippen LogP contribution in [-0.4, -0.2) is 0 Å². The Morgan fingerprint density at radius 1 is 0.621 bits per heavy atom. The van der Waals surface area contributed by atoms with Gasteiger partial charge in [-0.25, -0.2) is 0 Å². The summed E-state index contributed by atoms with van der Waals surface area (Å²) in [5.74, 6) is 2.42. The van der Waals surface area contributed by atoms with E-state index >= 15 is 0 Å². The van der Waals surface area contributed by atoms with E-state index in [1.165, 1.54) is 89.7 Å². The third-order valence-electron chi connectivity index (χ3n) is 15.3. The van der Waals surface area contributed by atoms with Crippen molar-refractivity contribution in [3.63, 3.8) is 0 Å². The Hall–Kier alpha value is -5.72. The summed E-state index contributed by atoms with van der Waals surface area (Å²) in [5.41, 5.74) is 28.4. The van der Waals surface area contributed by atoms with Crippen LogP contribution >= 0.6 is 0 Å². The molecule has 0 saturated heterocycles. The van der Waals surface area contributed by atoms with Crippen LogP contribution < -0.4 is 10.4 Å². The molecule has 280 valence electrons. The number of rotatable bonds is 4. The van der Waals surface area contributed by atoms with Gasteiger partial charge in [-0.1, -0.05) is 143 Å². The lowest BCUT2D eigenvalue weighted by Gasteiger charge is -2.45. The summed E-state index contributed by atoms with van der Waals surface area (Å²) < 4.78 is 0. The molecule has 0 fully saturated rings. The van der Waals surface area contributed by atoms with Crippen molar-refractivity contribution >= 4 is 33.1 Å². The number of hydrogen-bond donors (Lipinski definition) is 0. The molecule has 13 rings (SSSR count). The molecule has 0 radical (unpaired) electrons. The monoisotopic (exact) mass is 744 g/mol. The van der Waals surface area contributed by atoms with Gasteiger partial charge in [0.15, 0.2) is 0 Å². The predicted molar refractivity (Wildman–Crippen MR) is 244 cm³/mol. The van der Waals surface area contributed by atoms with Gasteiger partial charge in [-0.3, -0.25) is 0 Å². The van der Waals surface area contributed by atoms with Crippen molar-refractivity contribution < 1.29 is 0 Å². The third-order valence-corrected chi connectivity index (χ3v) is 15.3. The topological polar surface area (TPSA) is 0 Å². The zero-order valence-corrected chi connectivity index (χ0v) is 34.0. The Kier molecular flexibility index (Phi) is 6.84. The first kappa shape index (κ1) is 33.3. The van der Waals surface area contributed by atoms with E-state index in [1.54, 1.807) is 50.2 Å². The molecule has 5 aromatic rings. The summed E-state index contributed by atoms with van der Waals surface area (Å²) in [6, 6.07) is 35.3. The molecule has 0 aliphatic heterocycles. The first-order chi connectivity index (χ1) is 28.5. The fourth-order valence-electron chi connectivity index (χ4n) is 12.9. The van der Waals surface area contributed by atoms with Gasteiger partial charge in [0.1, 0.15) is 0 Å². The zero-order valence-electron chi connectivity index (χ0n) is 34.0. The molecule has 0 heterocycles. The molecule has 58 heavy (non-hydrogen) atoms. The molecule has 0 amide bonds. The third kappa shape index (κ3) is 4.26. The molecule has 0 bridgehead atoms. The van der Waals surface area contributed by atoms with Gasteiger partial charge in [0.2, 0.25) is 0 Å². The summed E-state index contributed by atoms with van der Waals surface area (Å²) in [6.07, 6.45) is 21.0. The summed E-state index contributed by atoms with van der Waals surface area (Å²) in [6.45, 7) is 9.62. The second-order valence-electron chi connectivity index (χ2n) is 18.8. The van der Waals surface area contributed by atoms with Crippen molar-refractivity contribution in [1.82, 2.24) is 0 Å². The van der Waals surface area contributed by atoms with Crippen molar-refractivity contribution in [2.45, 2.75) is 59.8 Å². The molecule has 0 spiro atoms. The van der Waals surface area contributed by atoms with Gasteiger partial charge in [-0.2, -0.15) is 0 Å². The molecule has 5 aromatic carbocycles. The Balaban J connectivity index is 1.18. The number of allylic oxidation sites excluding steroid dienone is 14. The smallest absolute Gasteiger partial charge is 0.0202 e. The molecule has 0 nitrogen and oxygen atoms in total. The maximum atomic E-state index is 2.68. The standard InChI is InChI=1S/C58H48/c1-31(2)42-27-43(32(3)4)46-30-47-45-29-49-48(28-44(45)40-25-23-35-22-24-39(42)55(46)53(35)56(40)47)52(34-16-9-6-10-17-34)58-50-26-36-18-11-12-19-37(36)38-20-13-21-41(54(38)50)57(58)51(49)33-14-7-5-8-15-33/h5-10,12-17,19-22,24,27-32,36,39,55H,11,18,23,25-26H2,1-4H3. The minimum absolute atomic E-state index is 0.422. The van der Waals surface area contributed by atoms with Crippen LogP contribution in [0.4, 0.5) is 0 Å². The fourth-order valence-corrected chi connectivity index (χ4v) is 12.9. The van der Waals surface area contributed by atoms with Gasteiger partial charge in [0.05, 0.1) is 0 Å². The van der Waals surface area contributed by atoms with Gasteiger partial charge in [0, 0.05) is 11.8 Å². The van der Waals surface area contributed by atoms with Gasteiger partial charge in [-0.15, -0.1) is 0 Å². The fraction of sp³-hybridized carbons (Fsp3) is 0.241. The van der Waals surface area contributed by atoms with Crippen LogP contribution in [0.3, 0.4) is 0 Å². The molecule has 8 aliphatic rings. The number of benzene rings is 5. The Morgan fingerprint density at radius 3 is 2.10 bits per heavy atom. The first-order valence-corrected chi connectivity index (χ1v) is 22.1. The lowest BCUT2D eigenvalue weighted by molar-refractivity contribution is 0.499. The van der Waals surface area contributed by atoms with E-state index in [1.807, 2.05) is 0 Å². The van der Waals surface area contributed by atoms with E-state index in [4.69, 9.17) is 0 Å². The zero-order chi connectivity index (χ0) is 38.6. The average molecular weight is 745 g/mol. The highest BCUT2D eigenvalue weighted by atomic mass is 14.5. The van der Waals surface area contributed by atoms with E-state index in [0.717, 1.165) is 19.3 Å². The van der Waals surface area contributed by atoms with Gasteiger partial charge in [0.25, 0.3) is 0 Å². The van der Waals surface area contributed by atoms with Crippen molar-refractivity contribution in [2.24, 2.45) is 29.6 Å². The van der Waals surface area contributed by atoms with E-state index in [-0.39, 0.29) is 0 Å².